The number of rotatable bonds is 4. The maximum Gasteiger partial charge on any atom is 0.325 e. The molecule has 0 radical (unpaired) electrons. The van der Waals surface area contributed by atoms with Crippen LogP contribution in [0.2, 0.25) is 0 Å². The first kappa shape index (κ1) is 19.7. The number of anilines is 2. The molecular formula is C22H30N4O3. The summed E-state index contributed by atoms with van der Waals surface area (Å²) >= 11 is 0. The van der Waals surface area contributed by atoms with Crippen LogP contribution in [0.15, 0.2) is 18.2 Å². The molecule has 2 saturated heterocycles. The van der Waals surface area contributed by atoms with Crippen LogP contribution in [0.5, 0.6) is 0 Å². The number of carbonyl (C=O) groups is 3. The van der Waals surface area contributed by atoms with Crippen LogP contribution in [0.1, 0.15) is 51.0 Å². The van der Waals surface area contributed by atoms with Gasteiger partial charge in [-0.15, -0.1) is 0 Å². The Balaban J connectivity index is 1.41. The molecule has 2 heterocycles. The van der Waals surface area contributed by atoms with E-state index in [1.807, 2.05) is 32.0 Å². The lowest BCUT2D eigenvalue weighted by atomic mass is 9.73. The Kier molecular flexibility index (Phi) is 5.23. The monoisotopic (exact) mass is 398 g/mol. The van der Waals surface area contributed by atoms with Crippen molar-refractivity contribution in [1.29, 1.82) is 0 Å². The number of hydrogen-bond donors (Lipinski definition) is 2. The summed E-state index contributed by atoms with van der Waals surface area (Å²) in [5.74, 6) is -0.533. The second kappa shape index (κ2) is 7.69. The Bertz CT molecular complexity index is 833. The summed E-state index contributed by atoms with van der Waals surface area (Å²) < 4.78 is 0. The summed E-state index contributed by atoms with van der Waals surface area (Å²) in [6.45, 7) is 5.92. The molecule has 156 valence electrons. The number of hydrogen-bond acceptors (Lipinski definition) is 4. The molecule has 0 unspecified atom stereocenters. The van der Waals surface area contributed by atoms with Gasteiger partial charge >= 0.3 is 6.03 Å². The highest BCUT2D eigenvalue weighted by Crippen LogP contribution is 2.38. The Morgan fingerprint density at radius 1 is 1.21 bits per heavy atom. The van der Waals surface area contributed by atoms with Crippen LogP contribution in [0, 0.1) is 12.8 Å². The van der Waals surface area contributed by atoms with Gasteiger partial charge in [-0.1, -0.05) is 19.8 Å². The molecule has 4 rings (SSSR count). The quantitative estimate of drug-likeness (QED) is 0.764. The highest BCUT2D eigenvalue weighted by atomic mass is 16.2. The van der Waals surface area contributed by atoms with Crippen molar-refractivity contribution < 1.29 is 14.4 Å². The molecule has 0 aromatic heterocycles. The van der Waals surface area contributed by atoms with Gasteiger partial charge in [-0.25, -0.2) is 4.79 Å². The number of nitrogens with one attached hydrogen (secondary N) is 2. The smallest absolute Gasteiger partial charge is 0.325 e. The molecule has 1 aliphatic carbocycles. The van der Waals surface area contributed by atoms with Crippen molar-refractivity contribution >= 4 is 29.2 Å². The number of benzene rings is 1. The maximum atomic E-state index is 13.0. The van der Waals surface area contributed by atoms with E-state index < -0.39 is 11.6 Å². The van der Waals surface area contributed by atoms with Crippen molar-refractivity contribution in [3.63, 3.8) is 0 Å². The summed E-state index contributed by atoms with van der Waals surface area (Å²) in [5.41, 5.74) is 2.16. The Morgan fingerprint density at radius 2 is 1.97 bits per heavy atom. The Hall–Kier alpha value is -2.57. The first-order valence-corrected chi connectivity index (χ1v) is 10.7. The van der Waals surface area contributed by atoms with E-state index in [4.69, 9.17) is 0 Å². The van der Waals surface area contributed by atoms with E-state index >= 15 is 0 Å². The molecule has 1 spiro atoms. The Labute approximate surface area is 171 Å². The minimum atomic E-state index is -0.830. The molecule has 7 nitrogen and oxygen atoms in total. The van der Waals surface area contributed by atoms with E-state index in [1.165, 1.54) is 18.5 Å². The molecule has 0 bridgehead atoms. The molecule has 29 heavy (non-hydrogen) atoms. The third kappa shape index (κ3) is 3.58. The van der Waals surface area contributed by atoms with Crippen LogP contribution in [0.4, 0.5) is 16.2 Å². The number of aryl methyl sites for hydroxylation is 1. The number of imide groups is 1. The minimum absolute atomic E-state index is 0.0848. The molecule has 1 aromatic carbocycles. The average molecular weight is 399 g/mol. The number of nitrogens with zero attached hydrogens (tertiary/aromatic N) is 2. The maximum absolute atomic E-state index is 13.0. The van der Waals surface area contributed by atoms with Crippen LogP contribution in [-0.2, 0) is 9.59 Å². The fourth-order valence-corrected chi connectivity index (χ4v) is 5.03. The van der Waals surface area contributed by atoms with Crippen LogP contribution in [-0.4, -0.2) is 47.9 Å². The Morgan fingerprint density at radius 3 is 2.66 bits per heavy atom. The molecule has 7 heteroatoms. The van der Waals surface area contributed by atoms with Gasteiger partial charge in [-0.05, 0) is 62.3 Å². The zero-order valence-electron chi connectivity index (χ0n) is 17.3. The number of amides is 4. The van der Waals surface area contributed by atoms with Gasteiger partial charge in [-0.2, -0.15) is 0 Å². The molecule has 3 aliphatic rings. The van der Waals surface area contributed by atoms with Crippen LogP contribution >= 0.6 is 0 Å². The lowest BCUT2D eigenvalue weighted by Gasteiger charge is -2.36. The highest BCUT2D eigenvalue weighted by molar-refractivity contribution is 6.10. The van der Waals surface area contributed by atoms with E-state index in [1.54, 1.807) is 0 Å². The molecule has 3 fully saturated rings. The standard InChI is InChI=1S/C22H30N4O3/c1-15-13-17(8-9-18(15)25-11-5-6-12-25)23-19(27)14-26-20(28)22(24-21(26)29)10-4-3-7-16(22)2/h8-9,13,16H,3-7,10-12,14H2,1-2H3,(H,23,27)(H,24,29)/t16-,22+/m0/s1. The van der Waals surface area contributed by atoms with Gasteiger partial charge in [0.05, 0.1) is 0 Å². The second-order valence-corrected chi connectivity index (χ2v) is 8.68. The first-order valence-electron chi connectivity index (χ1n) is 10.7. The van der Waals surface area contributed by atoms with Crippen LogP contribution in [0.3, 0.4) is 0 Å². The third-order valence-corrected chi connectivity index (χ3v) is 6.73. The molecule has 2 aliphatic heterocycles. The van der Waals surface area contributed by atoms with Gasteiger partial charge in [0.1, 0.15) is 12.1 Å². The van der Waals surface area contributed by atoms with Crippen molar-refractivity contribution in [3.05, 3.63) is 23.8 Å². The summed E-state index contributed by atoms with van der Waals surface area (Å²) in [4.78, 5) is 41.4. The van der Waals surface area contributed by atoms with E-state index in [2.05, 4.69) is 15.5 Å². The van der Waals surface area contributed by atoms with Gasteiger partial charge in [0.15, 0.2) is 0 Å². The summed E-state index contributed by atoms with van der Waals surface area (Å²) in [5, 5.41) is 5.73. The van der Waals surface area contributed by atoms with Gasteiger partial charge < -0.3 is 15.5 Å². The average Bonchev–Trinajstić information content (AvgIpc) is 3.28. The SMILES string of the molecule is Cc1cc(NC(=O)CN2C(=O)N[C@@]3(CCCC[C@@H]3C)C2=O)ccc1N1CCCC1. The minimum Gasteiger partial charge on any atom is -0.371 e. The topological polar surface area (TPSA) is 81.8 Å². The fraction of sp³-hybridized carbons (Fsp3) is 0.591. The number of carbonyl (C=O) groups excluding carboxylic acids is 3. The van der Waals surface area contributed by atoms with Crippen LogP contribution in [0.25, 0.3) is 0 Å². The van der Waals surface area contributed by atoms with Gasteiger partial charge in [-0.3, -0.25) is 14.5 Å². The fourth-order valence-electron chi connectivity index (χ4n) is 5.03. The first-order chi connectivity index (χ1) is 13.9. The molecule has 4 amide bonds. The summed E-state index contributed by atoms with van der Waals surface area (Å²) in [6, 6.07) is 5.40. The van der Waals surface area contributed by atoms with Crippen molar-refractivity contribution in [2.45, 2.75) is 57.9 Å². The van der Waals surface area contributed by atoms with Crippen molar-refractivity contribution in [2.24, 2.45) is 5.92 Å². The van der Waals surface area contributed by atoms with E-state index in [9.17, 15) is 14.4 Å². The van der Waals surface area contributed by atoms with Gasteiger partial charge in [0.2, 0.25) is 5.91 Å². The zero-order chi connectivity index (χ0) is 20.6. The molecule has 1 saturated carbocycles. The third-order valence-electron chi connectivity index (χ3n) is 6.73. The second-order valence-electron chi connectivity index (χ2n) is 8.68. The number of urea groups is 1. The largest absolute Gasteiger partial charge is 0.371 e. The zero-order valence-corrected chi connectivity index (χ0v) is 17.3. The molecular weight excluding hydrogens is 368 g/mol. The van der Waals surface area contributed by atoms with E-state index in [-0.39, 0.29) is 24.3 Å². The van der Waals surface area contributed by atoms with Gasteiger partial charge in [0, 0.05) is 24.5 Å². The highest BCUT2D eigenvalue weighted by Gasteiger charge is 2.55. The summed E-state index contributed by atoms with van der Waals surface area (Å²) in [7, 11) is 0. The van der Waals surface area contributed by atoms with E-state index in [0.29, 0.717) is 12.1 Å². The molecule has 2 N–H and O–H groups in total. The lowest BCUT2D eigenvalue weighted by molar-refractivity contribution is -0.136. The van der Waals surface area contributed by atoms with Crippen molar-refractivity contribution in [2.75, 3.05) is 29.9 Å². The molecule has 2 atom stereocenters. The summed E-state index contributed by atoms with van der Waals surface area (Å²) in [6.07, 6.45) is 5.97. The van der Waals surface area contributed by atoms with Crippen molar-refractivity contribution in [3.8, 4) is 0 Å². The van der Waals surface area contributed by atoms with E-state index in [0.717, 1.165) is 42.8 Å². The molecule has 1 aromatic rings. The van der Waals surface area contributed by atoms with Crippen molar-refractivity contribution in [1.82, 2.24) is 10.2 Å². The van der Waals surface area contributed by atoms with Gasteiger partial charge in [0.25, 0.3) is 5.91 Å². The predicted molar refractivity (Wildman–Crippen MR) is 112 cm³/mol. The van der Waals surface area contributed by atoms with Crippen LogP contribution < -0.4 is 15.5 Å². The predicted octanol–water partition coefficient (Wildman–Crippen LogP) is 3.03. The normalized spacial score (nSPS) is 26.9. The lowest BCUT2D eigenvalue weighted by Crippen LogP contribution is -2.54.